The topological polar surface area (TPSA) is 0 Å². The van der Waals surface area contributed by atoms with Crippen LogP contribution in [0, 0.1) is 0 Å². The summed E-state index contributed by atoms with van der Waals surface area (Å²) in [6.07, 6.45) is -4.13. The van der Waals surface area contributed by atoms with Crippen LogP contribution in [0.5, 0.6) is 0 Å². The van der Waals surface area contributed by atoms with E-state index in [1.165, 1.54) is 0 Å². The van der Waals surface area contributed by atoms with Crippen molar-refractivity contribution in [3.05, 3.63) is 9.47 Å². The summed E-state index contributed by atoms with van der Waals surface area (Å²) < 4.78 is 33.4. The first kappa shape index (κ1) is 8.49. The zero-order valence-electron chi connectivity index (χ0n) is 3.47. The first-order valence-corrected chi connectivity index (χ1v) is 3.11. The van der Waals surface area contributed by atoms with Crippen molar-refractivity contribution in [3.8, 4) is 0 Å². The van der Waals surface area contributed by atoms with Crippen molar-refractivity contribution in [3.63, 3.8) is 0 Å². The van der Waals surface area contributed by atoms with Crippen molar-refractivity contribution in [2.45, 2.75) is 6.18 Å². The summed E-state index contributed by atoms with van der Waals surface area (Å²) >= 11 is 5.14. The van der Waals surface area contributed by atoms with Gasteiger partial charge < -0.3 is 0 Å². The fraction of sp³-hybridized carbons (Fsp3) is 0.333. The Morgan fingerprint density at radius 1 is 1.25 bits per heavy atom. The van der Waals surface area contributed by atoms with Crippen LogP contribution in [-0.2, 0) is 0 Å². The molecule has 0 fully saturated rings. The Bertz CT molecular complexity index is 99.6. The summed E-state index contributed by atoms with van der Waals surface area (Å²) in [4.78, 5) is 0. The number of allylic oxidation sites excluding steroid dienone is 1. The van der Waals surface area contributed by atoms with Crippen LogP contribution in [0.1, 0.15) is 0 Å². The van der Waals surface area contributed by atoms with Crippen molar-refractivity contribution in [1.82, 2.24) is 0 Å². The number of rotatable bonds is 0. The van der Waals surface area contributed by atoms with Gasteiger partial charge in [0, 0.05) is 6.08 Å². The van der Waals surface area contributed by atoms with Gasteiger partial charge in [-0.2, -0.15) is 13.2 Å². The quantitative estimate of drug-likeness (QED) is 0.622. The second-order valence-electron chi connectivity index (χ2n) is 0.976. The summed E-state index contributed by atoms with van der Waals surface area (Å²) in [5.74, 6) is 0. The third-order valence-electron chi connectivity index (χ3n) is 0.273. The molecule has 0 aromatic rings. The van der Waals surface area contributed by atoms with Gasteiger partial charge in [0.1, 0.15) is 0 Å². The van der Waals surface area contributed by atoms with Crippen LogP contribution in [-0.4, -0.2) is 6.18 Å². The zero-order chi connectivity index (χ0) is 6.78. The lowest BCUT2D eigenvalue weighted by molar-refractivity contribution is -0.0797. The Balaban J connectivity index is 3.89. The third kappa shape index (κ3) is 6.49. The van der Waals surface area contributed by atoms with Crippen molar-refractivity contribution in [2.24, 2.45) is 0 Å². The molecule has 0 heterocycles. The Hall–Kier alpha value is 0.490. The molecule has 0 aliphatic carbocycles. The molecule has 0 aromatic carbocycles. The first-order chi connectivity index (χ1) is 3.42. The minimum atomic E-state index is -4.23. The number of hydrogen-bond donors (Lipinski definition) is 0. The largest absolute Gasteiger partial charge is 0.411 e. The fourth-order valence-corrected chi connectivity index (χ4v) is 0.643. The number of halogens is 5. The Morgan fingerprint density at radius 3 is 1.62 bits per heavy atom. The maximum atomic E-state index is 11.2. The van der Waals surface area contributed by atoms with Crippen LogP contribution >= 0.6 is 31.9 Å². The lowest BCUT2D eigenvalue weighted by atomic mass is 10.6. The highest BCUT2D eigenvalue weighted by molar-refractivity contribution is 9.28. The van der Waals surface area contributed by atoms with E-state index in [-0.39, 0.29) is 9.47 Å². The first-order valence-electron chi connectivity index (χ1n) is 1.52. The highest BCUT2D eigenvalue weighted by Gasteiger charge is 2.23. The van der Waals surface area contributed by atoms with Gasteiger partial charge in [0.15, 0.2) is 0 Å². The van der Waals surface area contributed by atoms with Crippen molar-refractivity contribution in [2.75, 3.05) is 0 Å². The van der Waals surface area contributed by atoms with Crippen LogP contribution in [0.2, 0.25) is 0 Å². The maximum absolute atomic E-state index is 11.2. The molecule has 0 radical (unpaired) electrons. The number of alkyl halides is 3. The lowest BCUT2D eigenvalue weighted by Gasteiger charge is -1.95. The predicted molar refractivity (Wildman–Crippen MR) is 32.0 cm³/mol. The van der Waals surface area contributed by atoms with Crippen LogP contribution in [0.4, 0.5) is 13.2 Å². The molecular weight excluding hydrogens is 253 g/mol. The SMILES string of the molecule is FC(F)(F)C=C(Br)Br. The molecule has 0 unspecified atom stereocenters. The maximum Gasteiger partial charge on any atom is 0.411 e. The second kappa shape index (κ2) is 2.87. The average Bonchev–Trinajstić information content (AvgIpc) is 1.21. The molecule has 0 N–H and O–H groups in total. The van der Waals surface area contributed by atoms with Gasteiger partial charge in [-0.05, 0) is 31.9 Å². The highest BCUT2D eigenvalue weighted by atomic mass is 79.9. The molecule has 0 rings (SSSR count). The molecule has 48 valence electrons. The molecule has 8 heavy (non-hydrogen) atoms. The zero-order valence-corrected chi connectivity index (χ0v) is 6.64. The summed E-state index contributed by atoms with van der Waals surface area (Å²) in [7, 11) is 0. The highest BCUT2D eigenvalue weighted by Crippen LogP contribution is 2.24. The molecule has 0 aliphatic heterocycles. The van der Waals surface area contributed by atoms with Gasteiger partial charge in [-0.25, -0.2) is 0 Å². The fourth-order valence-electron chi connectivity index (χ4n) is 0.124. The van der Waals surface area contributed by atoms with Gasteiger partial charge in [0.2, 0.25) is 0 Å². The molecule has 0 spiro atoms. The summed E-state index contributed by atoms with van der Waals surface area (Å²) in [5.41, 5.74) is 0. The molecule has 0 amide bonds. The van der Waals surface area contributed by atoms with Crippen LogP contribution in [0.15, 0.2) is 9.47 Å². The molecule has 0 atom stereocenters. The van der Waals surface area contributed by atoms with Crippen molar-refractivity contribution < 1.29 is 13.2 Å². The molecule has 0 nitrogen and oxygen atoms in total. The van der Waals surface area contributed by atoms with E-state index in [4.69, 9.17) is 0 Å². The van der Waals surface area contributed by atoms with E-state index in [0.29, 0.717) is 0 Å². The summed E-state index contributed by atoms with van der Waals surface area (Å²) in [6, 6.07) is 0. The van der Waals surface area contributed by atoms with Gasteiger partial charge in [-0.1, -0.05) is 0 Å². The van der Waals surface area contributed by atoms with E-state index in [1.54, 1.807) is 0 Å². The van der Waals surface area contributed by atoms with Gasteiger partial charge in [-0.15, -0.1) is 0 Å². The predicted octanol–water partition coefficient (Wildman–Crippen LogP) is 3.18. The van der Waals surface area contributed by atoms with Crippen LogP contribution in [0.25, 0.3) is 0 Å². The molecule has 5 heteroatoms. The minimum Gasteiger partial charge on any atom is -0.167 e. The lowest BCUT2D eigenvalue weighted by Crippen LogP contribution is -2.00. The summed E-state index contributed by atoms with van der Waals surface area (Å²) in [5, 5.41) is 0. The van der Waals surface area contributed by atoms with E-state index in [0.717, 1.165) is 0 Å². The third-order valence-corrected chi connectivity index (χ3v) is 0.731. The van der Waals surface area contributed by atoms with Gasteiger partial charge in [-0.3, -0.25) is 0 Å². The van der Waals surface area contributed by atoms with Gasteiger partial charge in [0.25, 0.3) is 0 Å². The van der Waals surface area contributed by atoms with Crippen molar-refractivity contribution >= 4 is 31.9 Å². The molecule has 0 bridgehead atoms. The molecule has 0 saturated heterocycles. The average molecular weight is 254 g/mol. The monoisotopic (exact) mass is 252 g/mol. The minimum absolute atomic E-state index is 0.0995. The van der Waals surface area contributed by atoms with E-state index < -0.39 is 6.18 Å². The van der Waals surface area contributed by atoms with Crippen LogP contribution in [0.3, 0.4) is 0 Å². The van der Waals surface area contributed by atoms with Crippen molar-refractivity contribution in [1.29, 1.82) is 0 Å². The molecule has 0 aliphatic rings. The smallest absolute Gasteiger partial charge is 0.167 e. The van der Waals surface area contributed by atoms with E-state index >= 15 is 0 Å². The normalized spacial score (nSPS) is 11.1. The van der Waals surface area contributed by atoms with E-state index in [2.05, 4.69) is 31.9 Å². The van der Waals surface area contributed by atoms with E-state index in [1.807, 2.05) is 0 Å². The Morgan fingerprint density at radius 2 is 1.62 bits per heavy atom. The molecular formula is C3HBr2F3. The molecule has 0 saturated carbocycles. The van der Waals surface area contributed by atoms with Gasteiger partial charge >= 0.3 is 6.18 Å². The van der Waals surface area contributed by atoms with E-state index in [9.17, 15) is 13.2 Å². The van der Waals surface area contributed by atoms with Gasteiger partial charge in [0.05, 0.1) is 3.39 Å². The summed E-state index contributed by atoms with van der Waals surface area (Å²) in [6.45, 7) is 0. The molecule has 0 aromatic heterocycles. The standard InChI is InChI=1S/C3HBr2F3/c4-2(5)1-3(6,7)8/h1H. The Kier molecular flexibility index (Phi) is 3.04. The number of hydrogen-bond acceptors (Lipinski definition) is 0. The van der Waals surface area contributed by atoms with Crippen LogP contribution < -0.4 is 0 Å². The second-order valence-corrected chi connectivity index (χ2v) is 3.75. The Labute approximate surface area is 61.0 Å².